The van der Waals surface area contributed by atoms with Crippen molar-refractivity contribution in [3.63, 3.8) is 0 Å². The second-order valence-electron chi connectivity index (χ2n) is 15.9. The third-order valence-electron chi connectivity index (χ3n) is 13.6. The maximum absolute atomic E-state index is 14.4. The molecule has 6 nitrogen and oxygen atoms in total. The van der Waals surface area contributed by atoms with Gasteiger partial charge >= 0.3 is 5.97 Å². The van der Waals surface area contributed by atoms with E-state index in [1.807, 2.05) is 6.92 Å². The van der Waals surface area contributed by atoms with E-state index in [9.17, 15) is 14.4 Å². The van der Waals surface area contributed by atoms with Crippen LogP contribution >= 0.6 is 0 Å². The summed E-state index contributed by atoms with van der Waals surface area (Å²) in [6, 6.07) is 0. The van der Waals surface area contributed by atoms with Crippen LogP contribution in [-0.4, -0.2) is 30.6 Å². The Morgan fingerprint density at radius 3 is 2.26 bits per heavy atom. The van der Waals surface area contributed by atoms with Gasteiger partial charge in [-0.05, 0) is 103 Å². The number of nitrogens with two attached hydrogens (primary N) is 1. The number of amides is 1. The smallest absolute Gasteiger partial charge is 0.304 e. The molecule has 9 atom stereocenters. The maximum atomic E-state index is 14.4. The van der Waals surface area contributed by atoms with E-state index in [2.05, 4.69) is 47.6 Å². The fraction of sp³-hybridized carbons (Fsp3) is 0.848. The van der Waals surface area contributed by atoms with Crippen LogP contribution in [0.15, 0.2) is 11.6 Å². The van der Waals surface area contributed by atoms with Gasteiger partial charge in [-0.3, -0.25) is 14.4 Å². The van der Waals surface area contributed by atoms with Gasteiger partial charge in [0.1, 0.15) is 0 Å². The van der Waals surface area contributed by atoms with Crippen LogP contribution in [0, 0.1) is 50.2 Å². The first-order valence-corrected chi connectivity index (χ1v) is 15.3. The number of fused-ring (bicyclic) bond motifs is 7. The van der Waals surface area contributed by atoms with Gasteiger partial charge in [-0.1, -0.05) is 54.0 Å². The van der Waals surface area contributed by atoms with Gasteiger partial charge in [0.25, 0.3) is 0 Å². The first-order chi connectivity index (χ1) is 17.9. The van der Waals surface area contributed by atoms with Crippen LogP contribution in [0.1, 0.15) is 113 Å². The Morgan fingerprint density at radius 1 is 0.949 bits per heavy atom. The summed E-state index contributed by atoms with van der Waals surface area (Å²) in [4.78, 5) is 38.3. The fourth-order valence-electron chi connectivity index (χ4n) is 10.9. The molecule has 1 amide bonds. The lowest BCUT2D eigenvalue weighted by atomic mass is 9.33. The highest BCUT2D eigenvalue weighted by molar-refractivity contribution is 5.95. The molecule has 0 aromatic heterocycles. The first-order valence-electron chi connectivity index (χ1n) is 15.3. The van der Waals surface area contributed by atoms with Gasteiger partial charge in [0.2, 0.25) is 5.91 Å². The third-order valence-corrected chi connectivity index (χ3v) is 13.6. The summed E-state index contributed by atoms with van der Waals surface area (Å²) in [6.45, 7) is 17.6. The summed E-state index contributed by atoms with van der Waals surface area (Å²) in [7, 11) is 0. The summed E-state index contributed by atoms with van der Waals surface area (Å²) in [5.74, 6) is 0.277. The van der Waals surface area contributed by atoms with Gasteiger partial charge in [-0.25, -0.2) is 0 Å². The van der Waals surface area contributed by atoms with Crippen molar-refractivity contribution in [2.24, 2.45) is 56.0 Å². The van der Waals surface area contributed by atoms with Crippen molar-refractivity contribution in [3.8, 4) is 0 Å². The number of hydrogen-bond acceptors (Lipinski definition) is 5. The summed E-state index contributed by atoms with van der Waals surface area (Å²) in [6.07, 6.45) is 10.7. The van der Waals surface area contributed by atoms with E-state index in [4.69, 9.17) is 15.2 Å². The van der Waals surface area contributed by atoms with Crippen molar-refractivity contribution in [1.29, 1.82) is 0 Å². The van der Waals surface area contributed by atoms with E-state index in [1.165, 1.54) is 12.5 Å². The fourth-order valence-corrected chi connectivity index (χ4v) is 10.9. The number of allylic oxidation sites excluding steroid dienone is 2. The lowest BCUT2D eigenvalue weighted by molar-refractivity contribution is -0.222. The Hall–Kier alpha value is -1.69. The van der Waals surface area contributed by atoms with E-state index in [0.29, 0.717) is 11.7 Å². The summed E-state index contributed by atoms with van der Waals surface area (Å²) in [5.41, 5.74) is 6.37. The highest BCUT2D eigenvalue weighted by Gasteiger charge is 2.70. The van der Waals surface area contributed by atoms with Gasteiger partial charge in [0.15, 0.2) is 12.6 Å². The zero-order valence-electron chi connectivity index (χ0n) is 25.6. The Morgan fingerprint density at radius 2 is 1.62 bits per heavy atom. The SMILES string of the molecule is CC(=O)OCO[C@@H]1CC[C@@]2(C)C(CC[C@]3(C)[C@@H]2C(=O)C=C2[C@@H]4C[C@@](C)(C(N)=O)CC[C@]4(C)CC[C@]23C)C1(C)C. The van der Waals surface area contributed by atoms with E-state index in [0.717, 1.165) is 57.8 Å². The topological polar surface area (TPSA) is 95.7 Å². The molecule has 39 heavy (non-hydrogen) atoms. The highest BCUT2D eigenvalue weighted by atomic mass is 16.7. The molecule has 0 heterocycles. The number of carbonyl (C=O) groups is 3. The highest BCUT2D eigenvalue weighted by Crippen LogP contribution is 2.75. The largest absolute Gasteiger partial charge is 0.439 e. The lowest BCUT2D eigenvalue weighted by Crippen LogP contribution is -2.66. The summed E-state index contributed by atoms with van der Waals surface area (Å²) >= 11 is 0. The van der Waals surface area contributed by atoms with Crippen LogP contribution in [0.25, 0.3) is 0 Å². The third kappa shape index (κ3) is 3.93. The molecule has 0 radical (unpaired) electrons. The zero-order chi connectivity index (χ0) is 28.8. The van der Waals surface area contributed by atoms with E-state index in [1.54, 1.807) is 0 Å². The van der Waals surface area contributed by atoms with E-state index in [-0.39, 0.29) is 63.7 Å². The monoisotopic (exact) mass is 541 g/mol. The van der Waals surface area contributed by atoms with Crippen molar-refractivity contribution in [2.75, 3.05) is 6.79 Å². The first kappa shape index (κ1) is 28.8. The van der Waals surface area contributed by atoms with E-state index >= 15 is 0 Å². The van der Waals surface area contributed by atoms with Gasteiger partial charge in [-0.2, -0.15) is 0 Å². The molecule has 0 aromatic carbocycles. The van der Waals surface area contributed by atoms with Crippen molar-refractivity contribution in [2.45, 2.75) is 119 Å². The van der Waals surface area contributed by atoms with Crippen LogP contribution in [0.2, 0.25) is 0 Å². The summed E-state index contributed by atoms with van der Waals surface area (Å²) < 4.78 is 11.2. The Balaban J connectivity index is 1.51. The van der Waals surface area contributed by atoms with Gasteiger partial charge in [0, 0.05) is 18.3 Å². The number of primary amides is 1. The zero-order valence-corrected chi connectivity index (χ0v) is 25.6. The van der Waals surface area contributed by atoms with Crippen molar-refractivity contribution in [1.82, 2.24) is 0 Å². The molecule has 4 fully saturated rings. The molecule has 0 spiro atoms. The van der Waals surface area contributed by atoms with Crippen molar-refractivity contribution < 1.29 is 23.9 Å². The predicted molar refractivity (Wildman–Crippen MR) is 150 cm³/mol. The minimum atomic E-state index is -0.512. The molecule has 6 heteroatoms. The molecular weight excluding hydrogens is 490 g/mol. The molecule has 218 valence electrons. The number of ketones is 1. The van der Waals surface area contributed by atoms with Gasteiger partial charge < -0.3 is 15.2 Å². The average molecular weight is 542 g/mol. The second kappa shape index (κ2) is 8.90. The Kier molecular flexibility index (Phi) is 6.58. The quantitative estimate of drug-likeness (QED) is 0.330. The maximum Gasteiger partial charge on any atom is 0.304 e. The second-order valence-corrected chi connectivity index (χ2v) is 15.9. The van der Waals surface area contributed by atoms with Crippen LogP contribution in [0.5, 0.6) is 0 Å². The number of ether oxygens (including phenoxy) is 2. The standard InChI is InChI=1S/C33H51NO5/c1-20(35)38-19-39-25-10-11-31(6)24(28(25,2)3)9-12-33(8)26(31)23(36)17-21-22-18-30(5,27(34)37)14-13-29(22,4)15-16-32(21,33)7/h17,22,24-26H,9-16,18-19H2,1-8H3,(H2,34,37)/t22-,24?,25+,26+,29+,30-,31-,32+,33+/m0/s1. The number of esters is 1. The van der Waals surface area contributed by atoms with Gasteiger partial charge in [-0.15, -0.1) is 0 Å². The molecular formula is C33H51NO5. The molecule has 5 aliphatic carbocycles. The van der Waals surface area contributed by atoms with Gasteiger partial charge in [0.05, 0.1) is 6.10 Å². The lowest BCUT2D eigenvalue weighted by Gasteiger charge is -2.70. The molecule has 0 bridgehead atoms. The van der Waals surface area contributed by atoms with Crippen molar-refractivity contribution in [3.05, 3.63) is 11.6 Å². The molecule has 5 aliphatic rings. The molecule has 5 rings (SSSR count). The van der Waals surface area contributed by atoms with Crippen molar-refractivity contribution >= 4 is 17.7 Å². The Bertz CT molecular complexity index is 1110. The molecule has 0 aromatic rings. The molecule has 0 saturated heterocycles. The van der Waals surface area contributed by atoms with Crippen LogP contribution in [0.4, 0.5) is 0 Å². The average Bonchev–Trinajstić information content (AvgIpc) is 2.82. The predicted octanol–water partition coefficient (Wildman–Crippen LogP) is 6.36. The van der Waals surface area contributed by atoms with Crippen LogP contribution in [-0.2, 0) is 23.9 Å². The van der Waals surface area contributed by atoms with Crippen LogP contribution < -0.4 is 5.73 Å². The number of rotatable bonds is 4. The number of hydrogen-bond donors (Lipinski definition) is 1. The molecule has 4 saturated carbocycles. The minimum Gasteiger partial charge on any atom is -0.439 e. The normalized spacial score (nSPS) is 48.5. The molecule has 0 aliphatic heterocycles. The molecule has 1 unspecified atom stereocenters. The Labute approximate surface area is 235 Å². The minimum absolute atomic E-state index is 0.0104. The van der Waals surface area contributed by atoms with Crippen LogP contribution in [0.3, 0.4) is 0 Å². The van der Waals surface area contributed by atoms with E-state index < -0.39 is 5.41 Å². The molecule has 2 N–H and O–H groups in total. The summed E-state index contributed by atoms with van der Waals surface area (Å²) in [5, 5.41) is 0. The number of carbonyl (C=O) groups excluding carboxylic acids is 3.